The predicted octanol–water partition coefficient (Wildman–Crippen LogP) is 2.26. The molecule has 1 aliphatic rings. The van der Waals surface area contributed by atoms with Crippen LogP contribution in [0.5, 0.6) is 0 Å². The summed E-state index contributed by atoms with van der Waals surface area (Å²) < 4.78 is 32.2. The Kier molecular flexibility index (Phi) is 3.91. The molecule has 98 valence electrons. The molecule has 2 atom stereocenters. The Bertz CT molecular complexity index is 424. The van der Waals surface area contributed by atoms with Crippen molar-refractivity contribution in [2.75, 3.05) is 6.61 Å². The van der Waals surface area contributed by atoms with Crippen molar-refractivity contribution in [3.05, 3.63) is 35.4 Å². The van der Waals surface area contributed by atoms with E-state index in [1.54, 1.807) is 6.92 Å². The third-order valence-corrected chi connectivity index (χ3v) is 3.07. The second kappa shape index (κ2) is 5.44. The third-order valence-electron chi connectivity index (χ3n) is 3.07. The molecule has 1 amide bonds. The van der Waals surface area contributed by atoms with E-state index in [-0.39, 0.29) is 12.1 Å². The van der Waals surface area contributed by atoms with Gasteiger partial charge in [0.05, 0.1) is 12.1 Å². The van der Waals surface area contributed by atoms with Gasteiger partial charge in [-0.25, -0.2) is 8.78 Å². The Labute approximate surface area is 104 Å². The molecule has 3 nitrogen and oxygen atoms in total. The van der Waals surface area contributed by atoms with Gasteiger partial charge < -0.3 is 10.1 Å². The predicted molar refractivity (Wildman–Crippen MR) is 62.3 cm³/mol. The lowest BCUT2D eigenvalue weighted by Crippen LogP contribution is -2.41. The zero-order valence-electron chi connectivity index (χ0n) is 10.1. The van der Waals surface area contributed by atoms with Crippen LogP contribution >= 0.6 is 0 Å². The van der Waals surface area contributed by atoms with Gasteiger partial charge in [0.15, 0.2) is 0 Å². The normalized spacial score (nSPS) is 20.7. The summed E-state index contributed by atoms with van der Waals surface area (Å²) in [5.74, 6) is -2.45. The van der Waals surface area contributed by atoms with Gasteiger partial charge in [0, 0.05) is 6.61 Å². The highest BCUT2D eigenvalue weighted by molar-refractivity contribution is 5.94. The van der Waals surface area contributed by atoms with E-state index in [1.165, 1.54) is 6.07 Å². The first-order valence-electron chi connectivity index (χ1n) is 5.96. The molecular weight excluding hydrogens is 240 g/mol. The molecule has 0 radical (unpaired) electrons. The van der Waals surface area contributed by atoms with Gasteiger partial charge >= 0.3 is 0 Å². The SMILES string of the molecule is C[C@@H](NC(=O)c1c(F)cccc1F)[C@@H]1CCCO1. The molecule has 1 saturated heterocycles. The molecule has 2 rings (SSSR count). The number of carbonyl (C=O) groups is 1. The molecule has 0 aromatic heterocycles. The monoisotopic (exact) mass is 255 g/mol. The van der Waals surface area contributed by atoms with Crippen molar-refractivity contribution in [3.63, 3.8) is 0 Å². The zero-order chi connectivity index (χ0) is 13.1. The molecule has 1 aliphatic heterocycles. The fraction of sp³-hybridized carbons (Fsp3) is 0.462. The van der Waals surface area contributed by atoms with Crippen LogP contribution in [-0.4, -0.2) is 24.7 Å². The summed E-state index contributed by atoms with van der Waals surface area (Å²) in [5, 5.41) is 2.58. The van der Waals surface area contributed by atoms with Crippen LogP contribution in [0.2, 0.25) is 0 Å². The molecule has 1 N–H and O–H groups in total. The second-order valence-electron chi connectivity index (χ2n) is 4.41. The van der Waals surface area contributed by atoms with Gasteiger partial charge in [-0.05, 0) is 31.9 Å². The quantitative estimate of drug-likeness (QED) is 0.899. The highest BCUT2D eigenvalue weighted by atomic mass is 19.1. The maximum atomic E-state index is 13.4. The first-order valence-corrected chi connectivity index (χ1v) is 5.96. The van der Waals surface area contributed by atoms with E-state index in [0.29, 0.717) is 6.61 Å². The topological polar surface area (TPSA) is 38.3 Å². The third kappa shape index (κ3) is 2.67. The molecule has 1 heterocycles. The molecule has 1 fully saturated rings. The smallest absolute Gasteiger partial charge is 0.257 e. The summed E-state index contributed by atoms with van der Waals surface area (Å²) >= 11 is 0. The van der Waals surface area contributed by atoms with Crippen LogP contribution in [-0.2, 0) is 4.74 Å². The number of nitrogens with one attached hydrogen (secondary N) is 1. The molecule has 0 aliphatic carbocycles. The second-order valence-corrected chi connectivity index (χ2v) is 4.41. The first-order chi connectivity index (χ1) is 8.59. The molecule has 0 unspecified atom stereocenters. The van der Waals surface area contributed by atoms with Gasteiger partial charge in [-0.15, -0.1) is 0 Å². The van der Waals surface area contributed by atoms with Crippen LogP contribution in [0.15, 0.2) is 18.2 Å². The van der Waals surface area contributed by atoms with E-state index in [4.69, 9.17) is 4.74 Å². The number of benzene rings is 1. The van der Waals surface area contributed by atoms with Gasteiger partial charge in [-0.1, -0.05) is 6.07 Å². The number of amides is 1. The van der Waals surface area contributed by atoms with Crippen LogP contribution in [0.1, 0.15) is 30.1 Å². The lowest BCUT2D eigenvalue weighted by molar-refractivity contribution is 0.0707. The summed E-state index contributed by atoms with van der Waals surface area (Å²) in [6, 6.07) is 3.09. The van der Waals surface area contributed by atoms with Gasteiger partial charge in [0.2, 0.25) is 0 Å². The molecule has 0 spiro atoms. The number of carbonyl (C=O) groups excluding carboxylic acids is 1. The van der Waals surface area contributed by atoms with E-state index in [1.807, 2.05) is 0 Å². The van der Waals surface area contributed by atoms with Crippen molar-refractivity contribution in [1.82, 2.24) is 5.32 Å². The summed E-state index contributed by atoms with van der Waals surface area (Å²) in [7, 11) is 0. The van der Waals surface area contributed by atoms with Gasteiger partial charge in [-0.3, -0.25) is 4.79 Å². The Morgan fingerprint density at radius 2 is 2.11 bits per heavy atom. The molecule has 1 aromatic carbocycles. The summed E-state index contributed by atoms with van der Waals surface area (Å²) in [6.07, 6.45) is 1.71. The van der Waals surface area contributed by atoms with Crippen LogP contribution in [0.3, 0.4) is 0 Å². The van der Waals surface area contributed by atoms with Crippen molar-refractivity contribution in [2.24, 2.45) is 0 Å². The average molecular weight is 255 g/mol. The van der Waals surface area contributed by atoms with Gasteiger partial charge in [-0.2, -0.15) is 0 Å². The Morgan fingerprint density at radius 1 is 1.44 bits per heavy atom. The number of ether oxygens (including phenoxy) is 1. The number of halogens is 2. The zero-order valence-corrected chi connectivity index (χ0v) is 10.1. The maximum absolute atomic E-state index is 13.4. The largest absolute Gasteiger partial charge is 0.376 e. The van der Waals surface area contributed by atoms with Crippen molar-refractivity contribution >= 4 is 5.91 Å². The Hall–Kier alpha value is -1.49. The highest BCUT2D eigenvalue weighted by Crippen LogP contribution is 2.17. The number of hydrogen-bond acceptors (Lipinski definition) is 2. The van der Waals surface area contributed by atoms with Gasteiger partial charge in [0.1, 0.15) is 17.2 Å². The standard InChI is InChI=1S/C13H15F2NO2/c1-8(11-6-3-7-18-11)16-13(17)12-9(14)4-2-5-10(12)15/h2,4-5,8,11H,3,6-7H2,1H3,(H,16,17)/t8-,11+/m1/s1. The fourth-order valence-corrected chi connectivity index (χ4v) is 2.08. The molecule has 18 heavy (non-hydrogen) atoms. The first kappa shape index (κ1) is 13.0. The lowest BCUT2D eigenvalue weighted by Gasteiger charge is -2.20. The van der Waals surface area contributed by atoms with Crippen LogP contribution in [0.4, 0.5) is 8.78 Å². The van der Waals surface area contributed by atoms with Crippen molar-refractivity contribution in [3.8, 4) is 0 Å². The lowest BCUT2D eigenvalue weighted by atomic mass is 10.1. The molecule has 0 saturated carbocycles. The maximum Gasteiger partial charge on any atom is 0.257 e. The number of rotatable bonds is 3. The average Bonchev–Trinajstić information content (AvgIpc) is 2.81. The van der Waals surface area contributed by atoms with E-state index < -0.39 is 23.1 Å². The Morgan fingerprint density at radius 3 is 2.67 bits per heavy atom. The van der Waals surface area contributed by atoms with E-state index in [0.717, 1.165) is 25.0 Å². The van der Waals surface area contributed by atoms with E-state index >= 15 is 0 Å². The van der Waals surface area contributed by atoms with E-state index in [2.05, 4.69) is 5.32 Å². The summed E-state index contributed by atoms with van der Waals surface area (Å²) in [5.41, 5.74) is -0.539. The molecular formula is C13H15F2NO2. The highest BCUT2D eigenvalue weighted by Gasteiger charge is 2.26. The van der Waals surface area contributed by atoms with Crippen molar-refractivity contribution in [1.29, 1.82) is 0 Å². The summed E-state index contributed by atoms with van der Waals surface area (Å²) in [6.45, 7) is 2.44. The molecule has 5 heteroatoms. The van der Waals surface area contributed by atoms with Crippen LogP contribution in [0.25, 0.3) is 0 Å². The van der Waals surface area contributed by atoms with Crippen LogP contribution < -0.4 is 5.32 Å². The van der Waals surface area contributed by atoms with Crippen molar-refractivity contribution < 1.29 is 18.3 Å². The Balaban J connectivity index is 2.07. The van der Waals surface area contributed by atoms with Crippen LogP contribution in [0, 0.1) is 11.6 Å². The van der Waals surface area contributed by atoms with Crippen molar-refractivity contribution in [2.45, 2.75) is 31.9 Å². The number of hydrogen-bond donors (Lipinski definition) is 1. The summed E-state index contributed by atoms with van der Waals surface area (Å²) in [4.78, 5) is 11.8. The van der Waals surface area contributed by atoms with Gasteiger partial charge in [0.25, 0.3) is 5.91 Å². The minimum Gasteiger partial charge on any atom is -0.376 e. The minimum absolute atomic E-state index is 0.0798. The molecule has 1 aromatic rings. The van der Waals surface area contributed by atoms with E-state index in [9.17, 15) is 13.6 Å². The minimum atomic E-state index is -0.855. The fourth-order valence-electron chi connectivity index (χ4n) is 2.08. The molecule has 0 bridgehead atoms.